The van der Waals surface area contributed by atoms with Crippen LogP contribution in [0.15, 0.2) is 59.2 Å². The summed E-state index contributed by atoms with van der Waals surface area (Å²) < 4.78 is 25.1. The molecule has 0 aliphatic carbocycles. The Morgan fingerprint density at radius 3 is 2.39 bits per heavy atom. The molecule has 1 aromatic heterocycles. The first kappa shape index (κ1) is 25.4. The number of hydrogen-bond acceptors (Lipinski definition) is 7. The zero-order valence-electron chi connectivity index (χ0n) is 20.8. The molecule has 1 fully saturated rings. The van der Waals surface area contributed by atoms with Crippen LogP contribution in [0.2, 0.25) is 0 Å². The summed E-state index contributed by atoms with van der Waals surface area (Å²) in [5, 5.41) is 0. The fourth-order valence-electron chi connectivity index (χ4n) is 4.58. The Bertz CT molecular complexity index is 1190. The molecule has 1 atom stereocenters. The minimum Gasteiger partial charge on any atom is -0.464 e. The predicted octanol–water partition coefficient (Wildman–Crippen LogP) is 4.00. The lowest BCUT2D eigenvalue weighted by molar-refractivity contribution is -0.137. The van der Waals surface area contributed by atoms with E-state index in [9.17, 15) is 9.59 Å². The molecule has 3 aromatic rings. The first-order chi connectivity index (χ1) is 17.5. The van der Waals surface area contributed by atoms with Gasteiger partial charge in [-0.2, -0.15) is 0 Å². The van der Waals surface area contributed by atoms with Crippen molar-refractivity contribution >= 4 is 17.6 Å². The zero-order valence-corrected chi connectivity index (χ0v) is 20.8. The van der Waals surface area contributed by atoms with Gasteiger partial charge in [0, 0.05) is 44.8 Å². The molecule has 0 N–H and O–H groups in total. The minimum absolute atomic E-state index is 0.0281. The fourth-order valence-corrected chi connectivity index (χ4v) is 4.58. The number of oxazole rings is 1. The van der Waals surface area contributed by atoms with Crippen LogP contribution in [0.3, 0.4) is 0 Å². The second kappa shape index (κ2) is 11.3. The van der Waals surface area contributed by atoms with Gasteiger partial charge in [0.05, 0.1) is 12.8 Å². The van der Waals surface area contributed by atoms with Gasteiger partial charge in [0.25, 0.3) is 0 Å². The van der Waals surface area contributed by atoms with Gasteiger partial charge in [-0.3, -0.25) is 9.69 Å². The van der Waals surface area contributed by atoms with Gasteiger partial charge < -0.3 is 19.0 Å². The van der Waals surface area contributed by atoms with Crippen molar-refractivity contribution < 1.29 is 23.1 Å². The molecule has 0 bridgehead atoms. The zero-order chi connectivity index (χ0) is 25.7. The van der Waals surface area contributed by atoms with Crippen molar-refractivity contribution in [3.8, 4) is 11.5 Å². The van der Waals surface area contributed by atoms with Crippen molar-refractivity contribution in [2.75, 3.05) is 51.3 Å². The second-order valence-electron chi connectivity index (χ2n) is 8.54. The third-order valence-electron chi connectivity index (χ3n) is 6.54. The number of halogens is 1. The van der Waals surface area contributed by atoms with Crippen molar-refractivity contribution in [2.24, 2.45) is 0 Å². The highest BCUT2D eigenvalue weighted by atomic mass is 19.1. The molecule has 0 spiro atoms. The highest BCUT2D eigenvalue weighted by Crippen LogP contribution is 2.30. The lowest BCUT2D eigenvalue weighted by Crippen LogP contribution is -2.51. The molecule has 8 nitrogen and oxygen atoms in total. The molecule has 9 heteroatoms. The van der Waals surface area contributed by atoms with Crippen LogP contribution in [0.5, 0.6) is 0 Å². The number of benzene rings is 2. The third kappa shape index (κ3) is 5.26. The summed E-state index contributed by atoms with van der Waals surface area (Å²) in [5.74, 6) is -0.787. The lowest BCUT2D eigenvalue weighted by Gasteiger charge is -2.41. The normalized spacial score (nSPS) is 14.9. The van der Waals surface area contributed by atoms with Gasteiger partial charge in [0.1, 0.15) is 18.1 Å². The molecule has 1 aliphatic rings. The van der Waals surface area contributed by atoms with E-state index < -0.39 is 11.8 Å². The van der Waals surface area contributed by atoms with Crippen LogP contribution in [0.1, 0.15) is 35.9 Å². The molecule has 1 amide bonds. The summed E-state index contributed by atoms with van der Waals surface area (Å²) in [6, 6.07) is 14.2. The molecule has 0 radical (unpaired) electrons. The Balaban J connectivity index is 1.48. The van der Waals surface area contributed by atoms with Crippen LogP contribution >= 0.6 is 0 Å². The van der Waals surface area contributed by atoms with Crippen LogP contribution in [0, 0.1) is 5.82 Å². The molecule has 4 rings (SSSR count). The Morgan fingerprint density at radius 2 is 1.78 bits per heavy atom. The molecule has 2 aromatic carbocycles. The van der Waals surface area contributed by atoms with E-state index in [1.54, 1.807) is 12.1 Å². The molecular formula is C27H31FN4O4. The standard InChI is InChI=1S/C27H31FN4O4/c1-4-30(5-2)26(33)24(19-9-7-6-8-10-19)32-15-13-31(14-16-32)23-12-11-20(17-21(23)28)25-29-22(18-36-25)27(34)35-3/h6-12,17-18,24H,4-5,13-16H2,1-3H3. The number of hydrogen-bond donors (Lipinski definition) is 0. The highest BCUT2D eigenvalue weighted by Gasteiger charge is 2.33. The maximum atomic E-state index is 15.1. The molecule has 0 saturated carbocycles. The van der Waals surface area contributed by atoms with Crippen LogP contribution < -0.4 is 4.90 Å². The summed E-state index contributed by atoms with van der Waals surface area (Å²) in [6.07, 6.45) is 1.19. The molecule has 1 aliphatic heterocycles. The first-order valence-electron chi connectivity index (χ1n) is 12.1. The van der Waals surface area contributed by atoms with Crippen LogP contribution in [-0.2, 0) is 9.53 Å². The number of ether oxygens (including phenoxy) is 1. The topological polar surface area (TPSA) is 79.1 Å². The minimum atomic E-state index is -0.617. The molecule has 190 valence electrons. The maximum Gasteiger partial charge on any atom is 0.360 e. The van der Waals surface area contributed by atoms with Crippen molar-refractivity contribution in [2.45, 2.75) is 19.9 Å². The van der Waals surface area contributed by atoms with Gasteiger partial charge in [-0.15, -0.1) is 0 Å². The van der Waals surface area contributed by atoms with Crippen molar-refractivity contribution in [3.05, 3.63) is 71.9 Å². The fraction of sp³-hybridized carbons (Fsp3) is 0.370. The number of carbonyl (C=O) groups is 2. The Morgan fingerprint density at radius 1 is 1.08 bits per heavy atom. The molecule has 1 saturated heterocycles. The summed E-state index contributed by atoms with van der Waals surface area (Å²) in [7, 11) is 1.26. The summed E-state index contributed by atoms with van der Waals surface area (Å²) in [6.45, 7) is 7.69. The van der Waals surface area contributed by atoms with E-state index in [1.807, 2.05) is 54.0 Å². The van der Waals surface area contributed by atoms with E-state index in [2.05, 4.69) is 14.6 Å². The maximum absolute atomic E-state index is 15.1. The first-order valence-corrected chi connectivity index (χ1v) is 12.1. The number of methoxy groups -OCH3 is 1. The molecular weight excluding hydrogens is 463 g/mol. The Kier molecular flexibility index (Phi) is 8.00. The van der Waals surface area contributed by atoms with Gasteiger partial charge in [0.15, 0.2) is 5.69 Å². The van der Waals surface area contributed by atoms with E-state index in [0.717, 1.165) is 5.56 Å². The van der Waals surface area contributed by atoms with Gasteiger partial charge in [-0.05, 0) is 37.6 Å². The number of anilines is 1. The number of carbonyl (C=O) groups excluding carboxylic acids is 2. The van der Waals surface area contributed by atoms with Crippen molar-refractivity contribution in [1.29, 1.82) is 0 Å². The SMILES string of the molecule is CCN(CC)C(=O)C(c1ccccc1)N1CCN(c2ccc(-c3nc(C(=O)OC)co3)cc2F)CC1. The van der Waals surface area contributed by atoms with Gasteiger partial charge >= 0.3 is 5.97 Å². The van der Waals surface area contributed by atoms with E-state index in [0.29, 0.717) is 50.5 Å². The summed E-state index contributed by atoms with van der Waals surface area (Å²) >= 11 is 0. The van der Waals surface area contributed by atoms with E-state index in [1.165, 1.54) is 19.4 Å². The highest BCUT2D eigenvalue weighted by molar-refractivity contribution is 5.87. The number of esters is 1. The van der Waals surface area contributed by atoms with Gasteiger partial charge in [0.2, 0.25) is 11.8 Å². The van der Waals surface area contributed by atoms with E-state index in [-0.39, 0.29) is 23.5 Å². The summed E-state index contributed by atoms with van der Waals surface area (Å²) in [5.41, 5.74) is 1.90. The van der Waals surface area contributed by atoms with Gasteiger partial charge in [-0.1, -0.05) is 30.3 Å². The quantitative estimate of drug-likeness (QED) is 0.438. The van der Waals surface area contributed by atoms with Gasteiger partial charge in [-0.25, -0.2) is 14.2 Å². The average molecular weight is 495 g/mol. The Labute approximate surface area is 210 Å². The number of piperazine rings is 1. The Hall–Kier alpha value is -3.72. The van der Waals surface area contributed by atoms with Crippen molar-refractivity contribution in [3.63, 3.8) is 0 Å². The summed E-state index contributed by atoms with van der Waals surface area (Å²) in [4.78, 5) is 35.1. The van der Waals surface area contributed by atoms with Crippen LogP contribution in [0.4, 0.5) is 10.1 Å². The number of amides is 1. The number of likely N-dealkylation sites (N-methyl/N-ethyl adjacent to an activating group) is 1. The number of rotatable bonds is 8. The average Bonchev–Trinajstić information content (AvgIpc) is 3.41. The largest absolute Gasteiger partial charge is 0.464 e. The van der Waals surface area contributed by atoms with Crippen molar-refractivity contribution in [1.82, 2.24) is 14.8 Å². The molecule has 36 heavy (non-hydrogen) atoms. The predicted molar refractivity (Wildman–Crippen MR) is 134 cm³/mol. The lowest BCUT2D eigenvalue weighted by atomic mass is 10.0. The molecule has 1 unspecified atom stereocenters. The van der Waals surface area contributed by atoms with E-state index in [4.69, 9.17) is 4.42 Å². The van der Waals surface area contributed by atoms with E-state index >= 15 is 4.39 Å². The third-order valence-corrected chi connectivity index (χ3v) is 6.54. The number of aromatic nitrogens is 1. The smallest absolute Gasteiger partial charge is 0.360 e. The van der Waals surface area contributed by atoms with Crippen LogP contribution in [0.25, 0.3) is 11.5 Å². The molecule has 2 heterocycles. The second-order valence-corrected chi connectivity index (χ2v) is 8.54. The number of nitrogens with zero attached hydrogens (tertiary/aromatic N) is 4. The monoisotopic (exact) mass is 494 g/mol. The van der Waals surface area contributed by atoms with Crippen LogP contribution in [-0.4, -0.2) is 73.0 Å².